The Bertz CT molecular complexity index is 2180. The Hall–Kier alpha value is -4.46. The van der Waals surface area contributed by atoms with Gasteiger partial charge in [-0.15, -0.1) is 0 Å². The number of nitrogens with zero attached hydrogens (tertiary/aromatic N) is 4. The minimum atomic E-state index is -1.58. The summed E-state index contributed by atoms with van der Waals surface area (Å²) in [4.78, 5) is 56.6. The second kappa shape index (κ2) is 11.6. The number of halogens is 3. The maximum Gasteiger partial charge on any atom is 0.347 e. The van der Waals surface area contributed by atoms with Crippen molar-refractivity contribution in [3.63, 3.8) is 0 Å². The van der Waals surface area contributed by atoms with Crippen LogP contribution in [0, 0.1) is 5.92 Å². The van der Waals surface area contributed by atoms with Gasteiger partial charge in [0, 0.05) is 18.0 Å². The maximum absolute atomic E-state index is 15.2. The van der Waals surface area contributed by atoms with Crippen molar-refractivity contribution in [2.24, 2.45) is 13.0 Å². The van der Waals surface area contributed by atoms with Crippen LogP contribution in [-0.4, -0.2) is 50.1 Å². The fraction of sp³-hybridized carbons (Fsp3) is 0.273. The van der Waals surface area contributed by atoms with E-state index in [0.29, 0.717) is 31.9 Å². The molecule has 48 heavy (non-hydrogen) atoms. The third-order valence-electron chi connectivity index (χ3n) is 9.64. The Morgan fingerprint density at radius 1 is 0.979 bits per heavy atom. The fourth-order valence-electron chi connectivity index (χ4n) is 7.51. The number of methoxy groups -OCH3 is 2. The lowest BCUT2D eigenvalue weighted by Gasteiger charge is -2.49. The molecule has 0 bridgehead atoms. The van der Waals surface area contributed by atoms with E-state index in [9.17, 15) is 19.5 Å². The number of nitrogens with one attached hydrogen (secondary N) is 1. The average Bonchev–Trinajstić information content (AvgIpc) is 3.43. The van der Waals surface area contributed by atoms with Crippen molar-refractivity contribution in [3.05, 3.63) is 113 Å². The molecular formula is C33H28BrCl2N5O7. The monoisotopic (exact) mass is 755 g/mol. The first-order valence-corrected chi connectivity index (χ1v) is 16.4. The highest BCUT2D eigenvalue weighted by Crippen LogP contribution is 2.62. The zero-order valence-electron chi connectivity index (χ0n) is 25.7. The number of aromatic nitrogens is 3. The SMILES string of the molecule is COc1ccc([C@@]23C(=O)N(Nc4ccc(Cl)cc4Cl)C(=O)[C@@H]2C[C@@H]2C(=CCn4c(=O)n(C)c(=O)n42)[C@@H]3c2cc(Br)c(O)c(OC)c2)cc1. The molecule has 0 spiro atoms. The first kappa shape index (κ1) is 32.1. The summed E-state index contributed by atoms with van der Waals surface area (Å²) >= 11 is 16.0. The second-order valence-corrected chi connectivity index (χ2v) is 13.6. The summed E-state index contributed by atoms with van der Waals surface area (Å²) in [5.41, 5.74) is 2.30. The molecule has 1 saturated carbocycles. The molecule has 2 N–H and O–H groups in total. The van der Waals surface area contributed by atoms with Gasteiger partial charge < -0.3 is 14.6 Å². The number of ether oxygens (including phenoxy) is 2. The van der Waals surface area contributed by atoms with E-state index in [4.69, 9.17) is 32.7 Å². The number of rotatable bonds is 6. The number of hydrogen-bond donors (Lipinski definition) is 2. The van der Waals surface area contributed by atoms with Crippen LogP contribution < -0.4 is 26.3 Å². The van der Waals surface area contributed by atoms with Crippen molar-refractivity contribution >= 4 is 56.6 Å². The highest BCUT2D eigenvalue weighted by Gasteiger charge is 2.69. The lowest BCUT2D eigenvalue weighted by molar-refractivity contribution is -0.138. The van der Waals surface area contributed by atoms with Crippen LogP contribution in [0.3, 0.4) is 0 Å². The topological polar surface area (TPSA) is 137 Å². The number of phenols is 1. The van der Waals surface area contributed by atoms with Crippen molar-refractivity contribution in [1.29, 1.82) is 0 Å². The number of hydrazine groups is 1. The van der Waals surface area contributed by atoms with E-state index in [1.54, 1.807) is 48.5 Å². The van der Waals surface area contributed by atoms with Crippen molar-refractivity contribution < 1.29 is 24.2 Å². The lowest BCUT2D eigenvalue weighted by Crippen LogP contribution is -2.53. The number of benzene rings is 3. The highest BCUT2D eigenvalue weighted by atomic mass is 79.9. The molecule has 12 nitrogen and oxygen atoms in total. The molecule has 1 saturated heterocycles. The van der Waals surface area contributed by atoms with Gasteiger partial charge in [-0.05, 0) is 81.5 Å². The molecular weight excluding hydrogens is 729 g/mol. The Balaban J connectivity index is 1.53. The summed E-state index contributed by atoms with van der Waals surface area (Å²) < 4.78 is 15.0. The van der Waals surface area contributed by atoms with Gasteiger partial charge >= 0.3 is 11.4 Å². The van der Waals surface area contributed by atoms with E-state index in [2.05, 4.69) is 21.4 Å². The normalized spacial score (nSPS) is 22.9. The molecule has 4 aromatic rings. The minimum Gasteiger partial charge on any atom is -0.503 e. The average molecular weight is 757 g/mol. The number of carbonyl (C=O) groups is 2. The van der Waals surface area contributed by atoms with Crippen molar-refractivity contribution in [2.75, 3.05) is 19.6 Å². The van der Waals surface area contributed by atoms with E-state index >= 15 is 4.79 Å². The number of aromatic hydroxyl groups is 1. The second-order valence-electron chi connectivity index (χ2n) is 11.9. The molecule has 2 aliphatic heterocycles. The highest BCUT2D eigenvalue weighted by molar-refractivity contribution is 9.10. The van der Waals surface area contributed by atoms with Crippen LogP contribution in [0.25, 0.3) is 0 Å². The number of allylic oxidation sites excluding steroid dienone is 2. The number of imide groups is 1. The summed E-state index contributed by atoms with van der Waals surface area (Å²) in [6.45, 7) is 0.0570. The maximum atomic E-state index is 15.2. The van der Waals surface area contributed by atoms with Crippen LogP contribution in [0.4, 0.5) is 5.69 Å². The van der Waals surface area contributed by atoms with Gasteiger partial charge in [0.05, 0.1) is 53.3 Å². The van der Waals surface area contributed by atoms with E-state index in [1.165, 1.54) is 36.7 Å². The Labute approximate surface area is 291 Å². The molecule has 0 unspecified atom stereocenters. The zero-order valence-corrected chi connectivity index (χ0v) is 28.8. The molecule has 0 radical (unpaired) electrons. The predicted molar refractivity (Wildman–Crippen MR) is 181 cm³/mol. The number of fused-ring (bicyclic) bond motifs is 4. The Morgan fingerprint density at radius 2 is 1.71 bits per heavy atom. The molecule has 4 atom stereocenters. The quantitative estimate of drug-likeness (QED) is 0.213. The van der Waals surface area contributed by atoms with Gasteiger partial charge in [-0.2, -0.15) is 5.01 Å². The molecule has 2 fully saturated rings. The van der Waals surface area contributed by atoms with Gasteiger partial charge in [0.25, 0.3) is 11.8 Å². The molecule has 3 aromatic carbocycles. The molecule has 15 heteroatoms. The van der Waals surface area contributed by atoms with E-state index in [1.807, 2.05) is 6.08 Å². The number of amides is 2. The molecule has 1 aliphatic carbocycles. The smallest absolute Gasteiger partial charge is 0.347 e. The number of anilines is 1. The van der Waals surface area contributed by atoms with Crippen LogP contribution in [0.15, 0.2) is 80.3 Å². The minimum absolute atomic E-state index is 0.0191. The largest absolute Gasteiger partial charge is 0.503 e. The van der Waals surface area contributed by atoms with E-state index in [0.717, 1.165) is 9.58 Å². The number of hydrogen-bond acceptors (Lipinski definition) is 8. The Kier molecular flexibility index (Phi) is 7.76. The van der Waals surface area contributed by atoms with Crippen LogP contribution in [-0.2, 0) is 28.6 Å². The van der Waals surface area contributed by atoms with Crippen molar-refractivity contribution in [1.82, 2.24) is 18.9 Å². The molecule has 248 valence electrons. The predicted octanol–water partition coefficient (Wildman–Crippen LogP) is 4.76. The van der Waals surface area contributed by atoms with Gasteiger partial charge in [0.2, 0.25) is 0 Å². The Morgan fingerprint density at radius 3 is 2.38 bits per heavy atom. The van der Waals surface area contributed by atoms with Crippen LogP contribution in [0.5, 0.6) is 17.2 Å². The summed E-state index contributed by atoms with van der Waals surface area (Å²) in [6, 6.07) is 14.1. The molecule has 7 rings (SSSR count). The van der Waals surface area contributed by atoms with Crippen LogP contribution in [0.1, 0.15) is 29.5 Å². The zero-order chi connectivity index (χ0) is 34.2. The fourth-order valence-corrected chi connectivity index (χ4v) is 8.42. The molecule has 3 heterocycles. The third-order valence-corrected chi connectivity index (χ3v) is 10.8. The van der Waals surface area contributed by atoms with E-state index < -0.39 is 46.5 Å². The van der Waals surface area contributed by atoms with Gasteiger partial charge in [0.1, 0.15) is 5.75 Å². The third kappa shape index (κ3) is 4.47. The van der Waals surface area contributed by atoms with Crippen molar-refractivity contribution in [2.45, 2.75) is 30.3 Å². The van der Waals surface area contributed by atoms with E-state index in [-0.39, 0.29) is 35.2 Å². The van der Waals surface area contributed by atoms with Gasteiger partial charge in [-0.1, -0.05) is 41.4 Å². The molecule has 2 amide bonds. The standard InChI is InChI=1S/C33H28BrCl2N5O7/c1-38-31(45)39-11-10-20-25(41(39)32(38)46)15-21-29(43)40(37-24-9-6-18(35)14-23(24)36)30(44)33(21,17-4-7-19(47-2)8-5-17)27(20)16-12-22(34)28(42)26(13-16)48-3/h4-10,12-14,21,25,27,37,42H,11,15H2,1-3H3/t21-,25+,27-,33+/m0/s1. The van der Waals surface area contributed by atoms with Gasteiger partial charge in [-0.3, -0.25) is 15.0 Å². The lowest BCUT2D eigenvalue weighted by atomic mass is 9.53. The summed E-state index contributed by atoms with van der Waals surface area (Å²) in [6.07, 6.45) is 1.86. The van der Waals surface area contributed by atoms with Gasteiger partial charge in [-0.25, -0.2) is 23.5 Å². The first-order valence-electron chi connectivity index (χ1n) is 14.8. The summed E-state index contributed by atoms with van der Waals surface area (Å²) in [5, 5.41) is 12.3. The molecule has 1 aromatic heterocycles. The van der Waals surface area contributed by atoms with Crippen molar-refractivity contribution in [3.8, 4) is 17.2 Å². The summed E-state index contributed by atoms with van der Waals surface area (Å²) in [7, 11) is 4.34. The summed E-state index contributed by atoms with van der Waals surface area (Å²) in [5.74, 6) is -2.53. The number of carbonyl (C=O) groups excluding carboxylic acids is 2. The molecule has 3 aliphatic rings. The van der Waals surface area contributed by atoms with Crippen LogP contribution >= 0.6 is 39.1 Å². The first-order chi connectivity index (χ1) is 22.9. The van der Waals surface area contributed by atoms with Gasteiger partial charge in [0.15, 0.2) is 11.5 Å². The number of phenolic OH excluding ortho intramolecular Hbond substituents is 1. The van der Waals surface area contributed by atoms with Crippen LogP contribution in [0.2, 0.25) is 10.0 Å².